The molecule has 0 aliphatic carbocycles. The number of rotatable bonds is 3. The summed E-state index contributed by atoms with van der Waals surface area (Å²) in [5.74, 6) is -0.720. The maximum atomic E-state index is 11.5. The number of methoxy groups -OCH3 is 1. The Hall–Kier alpha value is -1.32. The van der Waals surface area contributed by atoms with Crippen molar-refractivity contribution in [3.8, 4) is 0 Å². The van der Waals surface area contributed by atoms with E-state index in [1.165, 1.54) is 13.2 Å². The first-order valence-electron chi connectivity index (χ1n) is 4.77. The predicted octanol–water partition coefficient (Wildman–Crippen LogP) is 1.22. The molecule has 0 aromatic heterocycles. The molecular weight excluding hydrogens is 194 g/mol. The zero-order chi connectivity index (χ0) is 12.1. The molecule has 4 nitrogen and oxygen atoms in total. The van der Waals surface area contributed by atoms with Gasteiger partial charge in [0.15, 0.2) is 0 Å². The van der Waals surface area contributed by atoms with Crippen LogP contribution >= 0.6 is 0 Å². The highest BCUT2D eigenvalue weighted by Gasteiger charge is 2.15. The van der Waals surface area contributed by atoms with E-state index in [9.17, 15) is 9.59 Å². The fraction of sp³-hybridized carbons (Fsp3) is 0.636. The summed E-state index contributed by atoms with van der Waals surface area (Å²) in [6.07, 6.45) is 2.35. The van der Waals surface area contributed by atoms with E-state index in [1.807, 2.05) is 20.8 Å². The first-order chi connectivity index (χ1) is 6.76. The van der Waals surface area contributed by atoms with E-state index in [2.05, 4.69) is 4.74 Å². The predicted molar refractivity (Wildman–Crippen MR) is 58.2 cm³/mol. The molecule has 0 rings (SSSR count). The summed E-state index contributed by atoms with van der Waals surface area (Å²) in [6.45, 7) is 6.76. The summed E-state index contributed by atoms with van der Waals surface area (Å²) in [6, 6.07) is 0. The largest absolute Gasteiger partial charge is 0.466 e. The van der Waals surface area contributed by atoms with Crippen LogP contribution in [-0.2, 0) is 14.3 Å². The van der Waals surface area contributed by atoms with Gasteiger partial charge in [0.25, 0.3) is 0 Å². The van der Waals surface area contributed by atoms with Gasteiger partial charge in [0.2, 0.25) is 5.91 Å². The van der Waals surface area contributed by atoms with Gasteiger partial charge in [-0.05, 0) is 5.41 Å². The molecule has 0 spiro atoms. The second kappa shape index (κ2) is 5.53. The third kappa shape index (κ3) is 6.71. The van der Waals surface area contributed by atoms with Crippen LogP contribution in [0.1, 0.15) is 20.8 Å². The van der Waals surface area contributed by atoms with Crippen LogP contribution in [0.25, 0.3) is 0 Å². The molecule has 0 fully saturated rings. The van der Waals surface area contributed by atoms with Gasteiger partial charge in [0.05, 0.1) is 7.11 Å². The Labute approximate surface area is 90.9 Å². The Morgan fingerprint density at radius 3 is 2.20 bits per heavy atom. The van der Waals surface area contributed by atoms with Crippen molar-refractivity contribution in [3.63, 3.8) is 0 Å². The molecule has 0 bridgehead atoms. The van der Waals surface area contributed by atoms with Gasteiger partial charge in [-0.3, -0.25) is 4.79 Å². The van der Waals surface area contributed by atoms with Crippen LogP contribution in [0.2, 0.25) is 0 Å². The van der Waals surface area contributed by atoms with E-state index in [1.54, 1.807) is 11.9 Å². The van der Waals surface area contributed by atoms with Crippen LogP contribution in [0.15, 0.2) is 12.2 Å². The lowest BCUT2D eigenvalue weighted by molar-refractivity contribution is -0.135. The SMILES string of the molecule is COC(=O)/C=C/C(=O)N(C)CC(C)(C)C. The van der Waals surface area contributed by atoms with Crippen LogP contribution in [0.4, 0.5) is 0 Å². The van der Waals surface area contributed by atoms with Crippen molar-refractivity contribution >= 4 is 11.9 Å². The first-order valence-corrected chi connectivity index (χ1v) is 4.77. The third-order valence-corrected chi connectivity index (χ3v) is 1.65. The maximum absolute atomic E-state index is 11.5. The summed E-state index contributed by atoms with van der Waals surface area (Å²) in [7, 11) is 2.98. The fourth-order valence-corrected chi connectivity index (χ4v) is 1.12. The molecule has 0 aromatic rings. The van der Waals surface area contributed by atoms with Crippen molar-refractivity contribution in [1.82, 2.24) is 4.90 Å². The van der Waals surface area contributed by atoms with Crippen LogP contribution < -0.4 is 0 Å². The summed E-state index contributed by atoms with van der Waals surface area (Å²) in [5, 5.41) is 0. The lowest BCUT2D eigenvalue weighted by Gasteiger charge is -2.25. The minimum Gasteiger partial charge on any atom is -0.466 e. The molecule has 1 amide bonds. The lowest BCUT2D eigenvalue weighted by atomic mass is 9.96. The number of esters is 1. The first kappa shape index (κ1) is 13.7. The van der Waals surface area contributed by atoms with E-state index >= 15 is 0 Å². The number of likely N-dealkylation sites (N-methyl/N-ethyl adjacent to an activating group) is 1. The van der Waals surface area contributed by atoms with Crippen molar-refractivity contribution in [2.24, 2.45) is 5.41 Å². The Balaban J connectivity index is 4.22. The number of nitrogens with zero attached hydrogens (tertiary/aromatic N) is 1. The van der Waals surface area contributed by atoms with Crippen molar-refractivity contribution in [2.75, 3.05) is 20.7 Å². The average molecular weight is 213 g/mol. The fourth-order valence-electron chi connectivity index (χ4n) is 1.12. The minimum atomic E-state index is -0.521. The maximum Gasteiger partial charge on any atom is 0.330 e. The Morgan fingerprint density at radius 2 is 1.80 bits per heavy atom. The Bertz CT molecular complexity index is 263. The Morgan fingerprint density at radius 1 is 1.27 bits per heavy atom. The van der Waals surface area contributed by atoms with E-state index < -0.39 is 5.97 Å². The number of ether oxygens (including phenoxy) is 1. The minimum absolute atomic E-state index is 0.0452. The van der Waals surface area contributed by atoms with Gasteiger partial charge in [-0.15, -0.1) is 0 Å². The number of carbonyl (C=O) groups is 2. The standard InChI is InChI=1S/C11H19NO3/c1-11(2,3)8-12(4)9(13)6-7-10(14)15-5/h6-7H,8H2,1-5H3/b7-6+. The summed E-state index contributed by atoms with van der Waals surface area (Å²) >= 11 is 0. The molecule has 0 N–H and O–H groups in total. The van der Waals surface area contributed by atoms with Crippen LogP contribution in [0.5, 0.6) is 0 Å². The third-order valence-electron chi connectivity index (χ3n) is 1.65. The number of carbonyl (C=O) groups excluding carboxylic acids is 2. The van der Waals surface area contributed by atoms with Crippen molar-refractivity contribution in [2.45, 2.75) is 20.8 Å². The van der Waals surface area contributed by atoms with Crippen molar-refractivity contribution in [1.29, 1.82) is 0 Å². The molecular formula is C11H19NO3. The molecule has 0 saturated carbocycles. The second-order valence-electron chi connectivity index (χ2n) is 4.61. The molecule has 0 saturated heterocycles. The molecule has 0 aliphatic heterocycles. The van der Waals surface area contributed by atoms with Crippen LogP contribution in [0.3, 0.4) is 0 Å². The van der Waals surface area contributed by atoms with Gasteiger partial charge in [0, 0.05) is 25.7 Å². The summed E-state index contributed by atoms with van der Waals surface area (Å²) < 4.78 is 4.38. The van der Waals surface area contributed by atoms with Gasteiger partial charge in [0.1, 0.15) is 0 Å². The molecule has 0 aliphatic rings. The average Bonchev–Trinajstić information content (AvgIpc) is 2.10. The number of hydrogen-bond acceptors (Lipinski definition) is 3. The monoisotopic (exact) mass is 213 g/mol. The molecule has 86 valence electrons. The molecule has 4 heteroatoms. The highest BCUT2D eigenvalue weighted by atomic mass is 16.5. The van der Waals surface area contributed by atoms with E-state index in [-0.39, 0.29) is 11.3 Å². The van der Waals surface area contributed by atoms with Crippen molar-refractivity contribution in [3.05, 3.63) is 12.2 Å². The van der Waals surface area contributed by atoms with Crippen molar-refractivity contribution < 1.29 is 14.3 Å². The van der Waals surface area contributed by atoms with Gasteiger partial charge < -0.3 is 9.64 Å². The second-order valence-corrected chi connectivity index (χ2v) is 4.61. The smallest absolute Gasteiger partial charge is 0.330 e. The normalized spacial score (nSPS) is 11.5. The molecule has 0 radical (unpaired) electrons. The molecule has 0 aromatic carbocycles. The Kier molecular flexibility index (Phi) is 5.05. The molecule has 15 heavy (non-hydrogen) atoms. The summed E-state index contributed by atoms with van der Waals surface area (Å²) in [4.78, 5) is 23.8. The number of amides is 1. The topological polar surface area (TPSA) is 46.6 Å². The van der Waals surface area contributed by atoms with E-state index in [4.69, 9.17) is 0 Å². The lowest BCUT2D eigenvalue weighted by Crippen LogP contribution is -2.33. The van der Waals surface area contributed by atoms with Crippen LogP contribution in [-0.4, -0.2) is 37.5 Å². The quantitative estimate of drug-likeness (QED) is 0.523. The van der Waals surface area contributed by atoms with Gasteiger partial charge in [-0.25, -0.2) is 4.79 Å². The highest BCUT2D eigenvalue weighted by molar-refractivity contribution is 5.94. The van der Waals surface area contributed by atoms with Gasteiger partial charge in [-0.1, -0.05) is 20.8 Å². The molecule has 0 atom stereocenters. The molecule has 0 heterocycles. The zero-order valence-electron chi connectivity index (χ0n) is 10.0. The molecule has 0 unspecified atom stereocenters. The highest BCUT2D eigenvalue weighted by Crippen LogP contribution is 2.14. The zero-order valence-corrected chi connectivity index (χ0v) is 10.0. The van der Waals surface area contributed by atoms with E-state index in [0.717, 1.165) is 6.08 Å². The van der Waals surface area contributed by atoms with E-state index in [0.29, 0.717) is 6.54 Å². The van der Waals surface area contributed by atoms with Gasteiger partial charge >= 0.3 is 5.97 Å². The van der Waals surface area contributed by atoms with Gasteiger partial charge in [-0.2, -0.15) is 0 Å². The van der Waals surface area contributed by atoms with Crippen LogP contribution in [0, 0.1) is 5.41 Å². The summed E-state index contributed by atoms with van der Waals surface area (Å²) in [5.41, 5.74) is 0.0452. The number of hydrogen-bond donors (Lipinski definition) is 0.